The van der Waals surface area contributed by atoms with E-state index in [1.165, 1.54) is 10.7 Å². The number of carbonyl (C=O) groups is 1. The maximum absolute atomic E-state index is 13.4. The van der Waals surface area contributed by atoms with Gasteiger partial charge in [-0.05, 0) is 44.5 Å². The van der Waals surface area contributed by atoms with Crippen LogP contribution in [0.4, 0.5) is 8.78 Å². The number of fused-ring (bicyclic) bond motifs is 1. The lowest BCUT2D eigenvalue weighted by atomic mass is 10.1. The highest BCUT2D eigenvalue weighted by Gasteiger charge is 2.21. The Morgan fingerprint density at radius 2 is 1.93 bits per heavy atom. The van der Waals surface area contributed by atoms with Gasteiger partial charge in [0.25, 0.3) is 6.43 Å². The molecule has 1 amide bonds. The molecule has 1 unspecified atom stereocenters. The molecule has 1 N–H and O–H groups in total. The molecule has 0 aliphatic carbocycles. The lowest BCUT2D eigenvalue weighted by Gasteiger charge is -2.15. The minimum Gasteiger partial charge on any atom is -0.497 e. The maximum Gasteiger partial charge on any atom is 0.264 e. The van der Waals surface area contributed by atoms with Crippen LogP contribution in [0.25, 0.3) is 11.0 Å². The van der Waals surface area contributed by atoms with E-state index in [-0.39, 0.29) is 24.1 Å². The van der Waals surface area contributed by atoms with Crippen LogP contribution in [0.3, 0.4) is 0 Å². The van der Waals surface area contributed by atoms with Crippen LogP contribution in [-0.4, -0.2) is 27.8 Å². The van der Waals surface area contributed by atoms with Crippen LogP contribution < -0.4 is 10.1 Å². The molecule has 0 fully saturated rings. The third-order valence-electron chi connectivity index (χ3n) is 4.56. The summed E-state index contributed by atoms with van der Waals surface area (Å²) < 4.78 is 33.3. The van der Waals surface area contributed by atoms with E-state index in [0.29, 0.717) is 22.4 Å². The number of aromatic nitrogens is 3. The van der Waals surface area contributed by atoms with Crippen molar-refractivity contribution in [2.24, 2.45) is 0 Å². The molecule has 0 aliphatic heterocycles. The molecule has 6 nitrogen and oxygen atoms in total. The Balaban J connectivity index is 1.81. The van der Waals surface area contributed by atoms with E-state index >= 15 is 0 Å². The molecule has 0 radical (unpaired) electrons. The number of benzene rings is 1. The second-order valence-electron chi connectivity index (χ2n) is 6.66. The summed E-state index contributed by atoms with van der Waals surface area (Å²) in [6.45, 7) is 5.04. The van der Waals surface area contributed by atoms with Gasteiger partial charge in [0.15, 0.2) is 5.65 Å². The first kappa shape index (κ1) is 19.7. The van der Waals surface area contributed by atoms with Crippen LogP contribution in [0, 0.1) is 13.8 Å². The number of alkyl halides is 2. The summed E-state index contributed by atoms with van der Waals surface area (Å²) in [7, 11) is 1.59. The molecule has 1 aromatic carbocycles. The first-order valence-corrected chi connectivity index (χ1v) is 8.86. The second-order valence-corrected chi connectivity index (χ2v) is 6.66. The van der Waals surface area contributed by atoms with Crippen molar-refractivity contribution in [3.63, 3.8) is 0 Å². The van der Waals surface area contributed by atoms with Gasteiger partial charge in [-0.15, -0.1) is 0 Å². The van der Waals surface area contributed by atoms with Gasteiger partial charge in [0.2, 0.25) is 5.91 Å². The smallest absolute Gasteiger partial charge is 0.264 e. The van der Waals surface area contributed by atoms with Gasteiger partial charge < -0.3 is 10.1 Å². The molecule has 0 aliphatic rings. The van der Waals surface area contributed by atoms with Crippen LogP contribution in [-0.2, 0) is 11.3 Å². The number of hydrogen-bond acceptors (Lipinski definition) is 4. The van der Waals surface area contributed by atoms with Gasteiger partial charge in [0, 0.05) is 11.3 Å². The van der Waals surface area contributed by atoms with Gasteiger partial charge in [0.1, 0.15) is 12.3 Å². The number of methoxy groups -OCH3 is 1. The van der Waals surface area contributed by atoms with Crippen molar-refractivity contribution < 1.29 is 18.3 Å². The first-order valence-electron chi connectivity index (χ1n) is 8.86. The summed E-state index contributed by atoms with van der Waals surface area (Å²) in [5.41, 5.74) is 1.98. The van der Waals surface area contributed by atoms with Crippen molar-refractivity contribution in [3.05, 3.63) is 52.8 Å². The molecule has 2 aromatic heterocycles. The Labute approximate surface area is 161 Å². The highest BCUT2D eigenvalue weighted by molar-refractivity contribution is 5.84. The summed E-state index contributed by atoms with van der Waals surface area (Å²) in [6, 6.07) is 8.51. The van der Waals surface area contributed by atoms with E-state index in [2.05, 4.69) is 15.4 Å². The monoisotopic (exact) mass is 388 g/mol. The lowest BCUT2D eigenvalue weighted by Crippen LogP contribution is -2.30. The normalized spacial score (nSPS) is 12.4. The fraction of sp³-hybridized carbons (Fsp3) is 0.350. The number of hydrogen-bond donors (Lipinski definition) is 1. The number of rotatable bonds is 6. The zero-order chi connectivity index (χ0) is 20.4. The Kier molecular flexibility index (Phi) is 5.58. The highest BCUT2D eigenvalue weighted by Crippen LogP contribution is 2.30. The standard InChI is InChI=1S/C20H22F2N4O2/c1-11-9-16(19(21)22)18-13(3)25-26(20(18)23-11)10-17(27)24-12(2)14-5-7-15(28-4)8-6-14/h5-9,12,19H,10H2,1-4H3,(H,24,27). The predicted molar refractivity (Wildman–Crippen MR) is 102 cm³/mol. The quantitative estimate of drug-likeness (QED) is 0.696. The van der Waals surface area contributed by atoms with Gasteiger partial charge in [-0.25, -0.2) is 18.4 Å². The third kappa shape index (κ3) is 3.95. The molecular formula is C20H22F2N4O2. The molecule has 3 aromatic rings. The Bertz CT molecular complexity index is 1000. The zero-order valence-corrected chi connectivity index (χ0v) is 16.2. The van der Waals surface area contributed by atoms with Crippen molar-refractivity contribution >= 4 is 16.9 Å². The number of nitrogens with zero attached hydrogens (tertiary/aromatic N) is 3. The van der Waals surface area contributed by atoms with Crippen LogP contribution >= 0.6 is 0 Å². The van der Waals surface area contributed by atoms with Crippen molar-refractivity contribution in [3.8, 4) is 5.75 Å². The van der Waals surface area contributed by atoms with Crippen molar-refractivity contribution in [1.29, 1.82) is 0 Å². The summed E-state index contributed by atoms with van der Waals surface area (Å²) in [5, 5.41) is 7.45. The van der Waals surface area contributed by atoms with Crippen molar-refractivity contribution in [1.82, 2.24) is 20.1 Å². The van der Waals surface area contributed by atoms with Gasteiger partial charge in [-0.2, -0.15) is 5.10 Å². The molecule has 28 heavy (non-hydrogen) atoms. The number of halogens is 2. The predicted octanol–water partition coefficient (Wildman–Crippen LogP) is 3.87. The largest absolute Gasteiger partial charge is 0.497 e. The van der Waals surface area contributed by atoms with Crippen molar-refractivity contribution in [2.75, 3.05) is 7.11 Å². The summed E-state index contributed by atoms with van der Waals surface area (Å²) >= 11 is 0. The molecule has 0 saturated heterocycles. The van der Waals surface area contributed by atoms with Crippen LogP contribution in [0.5, 0.6) is 5.75 Å². The summed E-state index contributed by atoms with van der Waals surface area (Å²) in [5.74, 6) is 0.451. The average molecular weight is 388 g/mol. The molecule has 3 rings (SSSR count). The Morgan fingerprint density at radius 1 is 1.25 bits per heavy atom. The number of amides is 1. The van der Waals surface area contributed by atoms with E-state index in [4.69, 9.17) is 4.74 Å². The summed E-state index contributed by atoms with van der Waals surface area (Å²) in [4.78, 5) is 16.8. The third-order valence-corrected chi connectivity index (χ3v) is 4.56. The van der Waals surface area contributed by atoms with E-state index in [9.17, 15) is 13.6 Å². The average Bonchev–Trinajstić information content (AvgIpc) is 2.96. The van der Waals surface area contributed by atoms with Gasteiger partial charge in [0.05, 0.1) is 24.2 Å². The van der Waals surface area contributed by atoms with Crippen LogP contribution in [0.2, 0.25) is 0 Å². The number of nitrogens with one attached hydrogen (secondary N) is 1. The van der Waals surface area contributed by atoms with Crippen LogP contribution in [0.1, 0.15) is 41.9 Å². The number of carbonyl (C=O) groups excluding carboxylic acids is 1. The molecule has 1 atom stereocenters. The second kappa shape index (κ2) is 7.92. The minimum absolute atomic E-state index is 0.107. The first-order chi connectivity index (χ1) is 13.3. The van der Waals surface area contributed by atoms with E-state index in [1.54, 1.807) is 21.0 Å². The molecule has 0 saturated carbocycles. The van der Waals surface area contributed by atoms with E-state index in [1.807, 2.05) is 31.2 Å². The molecule has 2 heterocycles. The maximum atomic E-state index is 13.4. The molecule has 0 bridgehead atoms. The fourth-order valence-corrected chi connectivity index (χ4v) is 3.20. The summed E-state index contributed by atoms with van der Waals surface area (Å²) in [6.07, 6.45) is -2.63. The number of pyridine rings is 1. The van der Waals surface area contributed by atoms with Gasteiger partial charge >= 0.3 is 0 Å². The van der Waals surface area contributed by atoms with Gasteiger partial charge in [-0.1, -0.05) is 12.1 Å². The number of ether oxygens (including phenoxy) is 1. The van der Waals surface area contributed by atoms with E-state index in [0.717, 1.165) is 11.3 Å². The molecular weight excluding hydrogens is 366 g/mol. The zero-order valence-electron chi connectivity index (χ0n) is 16.2. The number of aryl methyl sites for hydroxylation is 2. The SMILES string of the molecule is COc1ccc(C(C)NC(=O)Cn2nc(C)c3c(C(F)F)cc(C)nc32)cc1. The van der Waals surface area contributed by atoms with Crippen LogP contribution in [0.15, 0.2) is 30.3 Å². The van der Waals surface area contributed by atoms with Crippen molar-refractivity contribution in [2.45, 2.75) is 39.8 Å². The fourth-order valence-electron chi connectivity index (χ4n) is 3.20. The van der Waals surface area contributed by atoms with E-state index < -0.39 is 6.43 Å². The molecule has 148 valence electrons. The minimum atomic E-state index is -2.63. The topological polar surface area (TPSA) is 69.0 Å². The Morgan fingerprint density at radius 3 is 2.54 bits per heavy atom. The molecule has 0 spiro atoms. The Hall–Kier alpha value is -3.03. The highest BCUT2D eigenvalue weighted by atomic mass is 19.3. The lowest BCUT2D eigenvalue weighted by molar-refractivity contribution is -0.122. The van der Waals surface area contributed by atoms with Gasteiger partial charge in [-0.3, -0.25) is 4.79 Å². The molecule has 8 heteroatoms.